The second-order valence-electron chi connectivity index (χ2n) is 31.4. The van der Waals surface area contributed by atoms with Crippen LogP contribution >= 0.6 is 15.6 Å². The lowest BCUT2D eigenvalue weighted by molar-refractivity contribution is -0.161. The van der Waals surface area contributed by atoms with Crippen LogP contribution in [0.2, 0.25) is 0 Å². The average molecular weight is 1510 g/mol. The standard InChI is InChI=1S/C84H164O17P2/c1-8-10-11-12-13-14-15-16-17-18-21-28-33-38-45-53-60-68-84(89)101-80(72-95-82(87)66-59-52-47-40-42-49-56-63-76(5)6)74-99-103(92,93)97-70-78(85)69-96-102(90,91)98-73-79(100-83(88)67-61-54-46-39-34-29-22-19-20-25-30-35-41-48-55-62-75(3)4)71-94-81(86)65-58-51-44-37-32-27-24-23-26-31-36-43-50-57-64-77(7)9-2/h75-80,85H,8-74H2,1-7H3,(H,90,91)(H,92,93)/t77?,78-,79-,80-/m1/s1. The zero-order chi connectivity index (χ0) is 75.8. The zero-order valence-corrected chi connectivity index (χ0v) is 69.6. The second kappa shape index (κ2) is 74.2. The van der Waals surface area contributed by atoms with Gasteiger partial charge in [-0.3, -0.25) is 37.3 Å². The summed E-state index contributed by atoms with van der Waals surface area (Å²) >= 11 is 0. The van der Waals surface area contributed by atoms with Gasteiger partial charge in [-0.15, -0.1) is 0 Å². The fourth-order valence-corrected chi connectivity index (χ4v) is 14.6. The number of hydrogen-bond donors (Lipinski definition) is 3. The van der Waals surface area contributed by atoms with Crippen molar-refractivity contribution in [2.45, 2.75) is 458 Å². The van der Waals surface area contributed by atoms with E-state index in [4.69, 9.17) is 37.0 Å². The van der Waals surface area contributed by atoms with E-state index in [-0.39, 0.29) is 25.7 Å². The quantitative estimate of drug-likeness (QED) is 0.0222. The van der Waals surface area contributed by atoms with Crippen LogP contribution in [0.3, 0.4) is 0 Å². The van der Waals surface area contributed by atoms with E-state index < -0.39 is 97.5 Å². The molecule has 19 heteroatoms. The number of esters is 4. The van der Waals surface area contributed by atoms with Crippen LogP contribution in [0.4, 0.5) is 0 Å². The Kier molecular flexibility index (Phi) is 72.8. The normalized spacial score (nSPS) is 14.2. The first-order chi connectivity index (χ1) is 49.8. The number of ether oxygens (including phenoxy) is 4. The van der Waals surface area contributed by atoms with Crippen LogP contribution in [0.5, 0.6) is 0 Å². The summed E-state index contributed by atoms with van der Waals surface area (Å²) in [6.07, 6.45) is 63.8. The van der Waals surface area contributed by atoms with Crippen molar-refractivity contribution < 1.29 is 80.2 Å². The number of aliphatic hydroxyl groups excluding tert-OH is 1. The molecule has 17 nitrogen and oxygen atoms in total. The zero-order valence-electron chi connectivity index (χ0n) is 67.8. The van der Waals surface area contributed by atoms with Crippen molar-refractivity contribution in [3.8, 4) is 0 Å². The molecule has 0 aromatic rings. The van der Waals surface area contributed by atoms with Gasteiger partial charge >= 0.3 is 39.5 Å². The van der Waals surface area contributed by atoms with Gasteiger partial charge in [0.05, 0.1) is 26.4 Å². The van der Waals surface area contributed by atoms with Crippen molar-refractivity contribution >= 4 is 39.5 Å². The summed E-state index contributed by atoms with van der Waals surface area (Å²) < 4.78 is 68.8. The topological polar surface area (TPSA) is 237 Å². The molecule has 0 radical (unpaired) electrons. The van der Waals surface area contributed by atoms with Crippen molar-refractivity contribution in [1.29, 1.82) is 0 Å². The summed E-state index contributed by atoms with van der Waals surface area (Å²) in [5, 5.41) is 10.7. The molecule has 0 fully saturated rings. The third-order valence-electron chi connectivity index (χ3n) is 20.0. The first-order valence-electron chi connectivity index (χ1n) is 43.4. The molecule has 3 unspecified atom stereocenters. The van der Waals surface area contributed by atoms with Crippen LogP contribution in [-0.2, 0) is 65.4 Å². The lowest BCUT2D eigenvalue weighted by Crippen LogP contribution is -2.30. The number of phosphoric acid groups is 2. The van der Waals surface area contributed by atoms with E-state index in [1.165, 1.54) is 244 Å². The Labute approximate surface area is 632 Å². The molecule has 0 aromatic heterocycles. The Bertz CT molecular complexity index is 1990. The van der Waals surface area contributed by atoms with Crippen molar-refractivity contribution in [3.05, 3.63) is 0 Å². The fourth-order valence-electron chi connectivity index (χ4n) is 13.0. The van der Waals surface area contributed by atoms with Crippen LogP contribution in [0.1, 0.15) is 440 Å². The number of unbranched alkanes of at least 4 members (excludes halogenated alkanes) is 49. The maximum absolute atomic E-state index is 13.1. The molecule has 0 amide bonds. The Hall–Kier alpha value is -1.94. The molecular formula is C84H164O17P2. The summed E-state index contributed by atoms with van der Waals surface area (Å²) in [7, 11) is -9.93. The van der Waals surface area contributed by atoms with Gasteiger partial charge in [0, 0.05) is 25.7 Å². The van der Waals surface area contributed by atoms with Crippen molar-refractivity contribution in [2.24, 2.45) is 17.8 Å². The van der Waals surface area contributed by atoms with Gasteiger partial charge in [-0.2, -0.15) is 0 Å². The number of aliphatic hydroxyl groups is 1. The van der Waals surface area contributed by atoms with Gasteiger partial charge in [0.1, 0.15) is 19.3 Å². The highest BCUT2D eigenvalue weighted by molar-refractivity contribution is 7.47. The summed E-state index contributed by atoms with van der Waals surface area (Å²) in [6.45, 7) is 12.0. The molecule has 0 aliphatic carbocycles. The minimum absolute atomic E-state index is 0.108. The first-order valence-corrected chi connectivity index (χ1v) is 46.4. The molecule has 3 N–H and O–H groups in total. The Balaban J connectivity index is 5.24. The Morgan fingerprint density at radius 2 is 0.495 bits per heavy atom. The van der Waals surface area contributed by atoms with Crippen LogP contribution in [0, 0.1) is 17.8 Å². The summed E-state index contributed by atoms with van der Waals surface area (Å²) in [6, 6.07) is 0. The van der Waals surface area contributed by atoms with E-state index in [2.05, 4.69) is 48.5 Å². The van der Waals surface area contributed by atoms with E-state index in [0.29, 0.717) is 31.6 Å². The first kappa shape index (κ1) is 101. The van der Waals surface area contributed by atoms with Crippen molar-refractivity contribution in [2.75, 3.05) is 39.6 Å². The van der Waals surface area contributed by atoms with Crippen LogP contribution in [0.25, 0.3) is 0 Å². The second-order valence-corrected chi connectivity index (χ2v) is 34.3. The number of carbonyl (C=O) groups excluding carboxylic acids is 4. The molecule has 0 saturated heterocycles. The number of rotatable bonds is 82. The molecule has 0 bridgehead atoms. The average Bonchev–Trinajstić information content (AvgIpc) is 0.913. The van der Waals surface area contributed by atoms with Crippen LogP contribution < -0.4 is 0 Å². The molecule has 0 rings (SSSR count). The summed E-state index contributed by atoms with van der Waals surface area (Å²) in [5.41, 5.74) is 0. The third-order valence-corrected chi connectivity index (χ3v) is 21.9. The van der Waals surface area contributed by atoms with Gasteiger partial charge < -0.3 is 33.8 Å². The summed E-state index contributed by atoms with van der Waals surface area (Å²) in [5.74, 6) is 0.251. The number of phosphoric ester groups is 2. The van der Waals surface area contributed by atoms with E-state index in [1.807, 2.05) is 0 Å². The molecule has 103 heavy (non-hydrogen) atoms. The molecule has 0 aliphatic heterocycles. The smallest absolute Gasteiger partial charge is 0.462 e. The lowest BCUT2D eigenvalue weighted by atomic mass is 9.99. The predicted molar refractivity (Wildman–Crippen MR) is 423 cm³/mol. The monoisotopic (exact) mass is 1510 g/mol. The fraction of sp³-hybridized carbons (Fsp3) is 0.952. The highest BCUT2D eigenvalue weighted by atomic mass is 31.2. The van der Waals surface area contributed by atoms with E-state index in [0.717, 1.165) is 108 Å². The van der Waals surface area contributed by atoms with E-state index in [9.17, 15) is 43.2 Å². The van der Waals surface area contributed by atoms with Gasteiger partial charge in [0.25, 0.3) is 0 Å². The predicted octanol–water partition coefficient (Wildman–Crippen LogP) is 25.3. The molecule has 0 spiro atoms. The SMILES string of the molecule is CCCCCCCCCCCCCCCCCCCC(=O)O[C@H](COC(=O)CCCCCCCCCC(C)C)COP(=O)(O)OC[C@H](O)COP(=O)(O)OC[C@@H](COC(=O)CCCCCCCCCCCCCCCCC(C)CC)OC(=O)CCCCCCCCCCCCCCCCCC(C)C. The van der Waals surface area contributed by atoms with Crippen LogP contribution in [0.15, 0.2) is 0 Å². The highest BCUT2D eigenvalue weighted by Gasteiger charge is 2.30. The number of hydrogen-bond acceptors (Lipinski definition) is 15. The third kappa shape index (κ3) is 76.6. The molecule has 0 aliphatic rings. The van der Waals surface area contributed by atoms with E-state index in [1.54, 1.807) is 0 Å². The Morgan fingerprint density at radius 3 is 0.738 bits per heavy atom. The maximum atomic E-state index is 13.1. The van der Waals surface area contributed by atoms with Gasteiger partial charge in [0.15, 0.2) is 12.2 Å². The van der Waals surface area contributed by atoms with Gasteiger partial charge in [0.2, 0.25) is 0 Å². The Morgan fingerprint density at radius 1 is 0.282 bits per heavy atom. The van der Waals surface area contributed by atoms with Crippen LogP contribution in [-0.4, -0.2) is 96.7 Å². The maximum Gasteiger partial charge on any atom is 0.472 e. The van der Waals surface area contributed by atoms with E-state index >= 15 is 0 Å². The van der Waals surface area contributed by atoms with Gasteiger partial charge in [-0.05, 0) is 43.4 Å². The summed E-state index contributed by atoms with van der Waals surface area (Å²) in [4.78, 5) is 73.1. The van der Waals surface area contributed by atoms with Gasteiger partial charge in [-0.25, -0.2) is 9.13 Å². The molecule has 612 valence electrons. The van der Waals surface area contributed by atoms with Crippen molar-refractivity contribution in [1.82, 2.24) is 0 Å². The molecule has 0 heterocycles. The minimum Gasteiger partial charge on any atom is -0.462 e. The number of carbonyl (C=O) groups is 4. The van der Waals surface area contributed by atoms with Crippen molar-refractivity contribution in [3.63, 3.8) is 0 Å². The largest absolute Gasteiger partial charge is 0.472 e. The lowest BCUT2D eigenvalue weighted by Gasteiger charge is -2.21. The van der Waals surface area contributed by atoms with Gasteiger partial charge in [-0.1, -0.05) is 389 Å². The molecule has 6 atom stereocenters. The molecule has 0 aromatic carbocycles. The molecule has 0 saturated carbocycles. The highest BCUT2D eigenvalue weighted by Crippen LogP contribution is 2.45. The minimum atomic E-state index is -4.96. The molecular weight excluding hydrogens is 1340 g/mol.